The van der Waals surface area contributed by atoms with Crippen molar-refractivity contribution >= 4 is 16.8 Å². The van der Waals surface area contributed by atoms with Crippen LogP contribution in [0.1, 0.15) is 47.3 Å². The number of nitrogens with zero attached hydrogens (tertiary/aromatic N) is 3. The molecule has 0 aliphatic carbocycles. The lowest BCUT2D eigenvalue weighted by Gasteiger charge is -2.38. The van der Waals surface area contributed by atoms with E-state index in [1.54, 1.807) is 0 Å². The summed E-state index contributed by atoms with van der Waals surface area (Å²) < 4.78 is 5.90. The Morgan fingerprint density at radius 3 is 2.75 bits per heavy atom. The number of pyridine rings is 1. The van der Waals surface area contributed by atoms with E-state index in [2.05, 4.69) is 29.8 Å². The molecule has 0 radical (unpaired) electrons. The fourth-order valence-electron chi connectivity index (χ4n) is 4.56. The molecule has 1 aromatic carbocycles. The van der Waals surface area contributed by atoms with Crippen molar-refractivity contribution in [1.29, 1.82) is 0 Å². The van der Waals surface area contributed by atoms with E-state index in [0.717, 1.165) is 73.1 Å². The molecule has 0 bridgehead atoms. The highest BCUT2D eigenvalue weighted by Gasteiger charge is 2.32. The number of aromatic nitrogens is 1. The number of benzene rings is 1. The maximum atomic E-state index is 13.8. The Morgan fingerprint density at radius 2 is 2.04 bits per heavy atom. The summed E-state index contributed by atoms with van der Waals surface area (Å²) in [5.74, 6) is 0.131. The number of hydrogen-bond donors (Lipinski definition) is 0. The summed E-state index contributed by atoms with van der Waals surface area (Å²) in [4.78, 5) is 23.0. The summed E-state index contributed by atoms with van der Waals surface area (Å²) in [6, 6.07) is 8.35. The largest absolute Gasteiger partial charge is 0.376 e. The number of ether oxygens (including phenoxy) is 1. The van der Waals surface area contributed by atoms with Gasteiger partial charge in [0, 0.05) is 30.3 Å². The first-order valence-corrected chi connectivity index (χ1v) is 10.5. The van der Waals surface area contributed by atoms with Crippen molar-refractivity contribution in [2.24, 2.45) is 0 Å². The van der Waals surface area contributed by atoms with Crippen LogP contribution in [0.5, 0.6) is 0 Å². The summed E-state index contributed by atoms with van der Waals surface area (Å²) in [5.41, 5.74) is 3.72. The molecular weight excluding hydrogens is 350 g/mol. The lowest BCUT2D eigenvalue weighted by molar-refractivity contribution is 0.0321. The zero-order valence-electron chi connectivity index (χ0n) is 17.3. The van der Waals surface area contributed by atoms with Gasteiger partial charge in [0.05, 0.1) is 17.2 Å². The molecule has 0 saturated carbocycles. The third kappa shape index (κ3) is 3.91. The Hall–Kier alpha value is -1.98. The van der Waals surface area contributed by atoms with Gasteiger partial charge in [0.2, 0.25) is 0 Å². The molecule has 1 amide bonds. The molecule has 0 spiro atoms. The third-order valence-electron chi connectivity index (χ3n) is 6.21. The number of carbonyl (C=O) groups excluding carboxylic acids is 1. The molecule has 4 rings (SSSR count). The third-order valence-corrected chi connectivity index (χ3v) is 6.21. The van der Waals surface area contributed by atoms with Gasteiger partial charge in [-0.05, 0) is 71.3 Å². The number of para-hydroxylation sites is 1. The Bertz CT molecular complexity index is 852. The minimum atomic E-state index is 0.131. The second kappa shape index (κ2) is 8.18. The average molecular weight is 382 g/mol. The molecule has 5 heteroatoms. The van der Waals surface area contributed by atoms with Crippen molar-refractivity contribution < 1.29 is 9.53 Å². The standard InChI is InChI=1S/C23H31N3O2/c1-16-6-4-8-20-21(14-17(2)24-22(16)20)23(27)26(15-19-7-5-13-28-19)18-9-11-25(3)12-10-18/h4,6,8,14,18-19H,5,7,9-13,15H2,1-3H3/t19-/m0/s1. The SMILES string of the molecule is Cc1cc(C(=O)N(C[C@@H]2CCCO2)C2CCN(C)CC2)c2cccc(C)c2n1. The van der Waals surface area contributed by atoms with Crippen LogP contribution >= 0.6 is 0 Å². The minimum Gasteiger partial charge on any atom is -0.376 e. The molecule has 150 valence electrons. The highest BCUT2D eigenvalue weighted by atomic mass is 16.5. The van der Waals surface area contributed by atoms with E-state index in [-0.39, 0.29) is 18.1 Å². The van der Waals surface area contributed by atoms with E-state index in [0.29, 0.717) is 6.54 Å². The molecule has 2 saturated heterocycles. The smallest absolute Gasteiger partial charge is 0.254 e. The molecular formula is C23H31N3O2. The van der Waals surface area contributed by atoms with Gasteiger partial charge in [-0.1, -0.05) is 18.2 Å². The molecule has 2 fully saturated rings. The van der Waals surface area contributed by atoms with Crippen LogP contribution in [-0.4, -0.2) is 66.1 Å². The van der Waals surface area contributed by atoms with Gasteiger partial charge in [-0.3, -0.25) is 9.78 Å². The molecule has 0 unspecified atom stereocenters. The number of hydrogen-bond acceptors (Lipinski definition) is 4. The second-order valence-corrected chi connectivity index (χ2v) is 8.41. The van der Waals surface area contributed by atoms with Crippen LogP contribution < -0.4 is 0 Å². The summed E-state index contributed by atoms with van der Waals surface area (Å²) >= 11 is 0. The van der Waals surface area contributed by atoms with E-state index in [9.17, 15) is 4.79 Å². The van der Waals surface area contributed by atoms with Gasteiger partial charge in [-0.15, -0.1) is 0 Å². The highest BCUT2D eigenvalue weighted by molar-refractivity contribution is 6.07. The Balaban J connectivity index is 1.70. The molecule has 2 aromatic rings. The molecule has 28 heavy (non-hydrogen) atoms. The predicted molar refractivity (Wildman–Crippen MR) is 112 cm³/mol. The molecule has 2 aliphatic heterocycles. The first-order chi connectivity index (χ1) is 13.5. The molecule has 1 aromatic heterocycles. The van der Waals surface area contributed by atoms with Gasteiger partial charge in [0.25, 0.3) is 5.91 Å². The normalized spacial score (nSPS) is 21.3. The summed E-state index contributed by atoms with van der Waals surface area (Å²) in [7, 11) is 2.16. The summed E-state index contributed by atoms with van der Waals surface area (Å²) in [5, 5.41) is 0.959. The van der Waals surface area contributed by atoms with Gasteiger partial charge in [-0.25, -0.2) is 0 Å². The van der Waals surface area contributed by atoms with E-state index >= 15 is 0 Å². The molecule has 2 aliphatic rings. The zero-order valence-corrected chi connectivity index (χ0v) is 17.3. The van der Waals surface area contributed by atoms with Crippen LogP contribution in [0.15, 0.2) is 24.3 Å². The van der Waals surface area contributed by atoms with Crippen molar-refractivity contribution in [3.8, 4) is 0 Å². The van der Waals surface area contributed by atoms with Gasteiger partial charge < -0.3 is 14.5 Å². The molecule has 0 N–H and O–H groups in total. The first-order valence-electron chi connectivity index (χ1n) is 10.5. The first kappa shape index (κ1) is 19.3. The second-order valence-electron chi connectivity index (χ2n) is 8.41. The minimum absolute atomic E-state index is 0.131. The fraction of sp³-hybridized carbons (Fsp3) is 0.565. The van der Waals surface area contributed by atoms with Gasteiger partial charge in [0.1, 0.15) is 0 Å². The zero-order chi connectivity index (χ0) is 19.7. The van der Waals surface area contributed by atoms with Crippen molar-refractivity contribution in [3.05, 3.63) is 41.1 Å². The van der Waals surface area contributed by atoms with Gasteiger partial charge >= 0.3 is 0 Å². The predicted octanol–water partition coefficient (Wildman–Crippen LogP) is 3.57. The molecule has 1 atom stereocenters. The van der Waals surface area contributed by atoms with Crippen LogP contribution in [0.25, 0.3) is 10.9 Å². The lowest BCUT2D eigenvalue weighted by atomic mass is 9.99. The maximum absolute atomic E-state index is 13.8. The Morgan fingerprint density at radius 1 is 1.25 bits per heavy atom. The monoisotopic (exact) mass is 381 g/mol. The Labute approximate surface area is 167 Å². The number of likely N-dealkylation sites (tertiary alicyclic amines) is 1. The van der Waals surface area contributed by atoms with Crippen LogP contribution in [0, 0.1) is 13.8 Å². The fourth-order valence-corrected chi connectivity index (χ4v) is 4.56. The quantitative estimate of drug-likeness (QED) is 0.812. The summed E-state index contributed by atoms with van der Waals surface area (Å²) in [6.45, 7) is 7.62. The van der Waals surface area contributed by atoms with Crippen LogP contribution in [0.3, 0.4) is 0 Å². The number of piperidine rings is 1. The van der Waals surface area contributed by atoms with Crippen LogP contribution in [0.4, 0.5) is 0 Å². The van der Waals surface area contributed by atoms with E-state index in [1.807, 2.05) is 25.1 Å². The number of aryl methyl sites for hydroxylation is 2. The topological polar surface area (TPSA) is 45.7 Å². The number of amides is 1. The highest BCUT2D eigenvalue weighted by Crippen LogP contribution is 2.27. The van der Waals surface area contributed by atoms with Crippen molar-refractivity contribution in [2.45, 2.75) is 51.7 Å². The van der Waals surface area contributed by atoms with Gasteiger partial charge in [0.15, 0.2) is 0 Å². The molecule has 5 nitrogen and oxygen atoms in total. The number of fused-ring (bicyclic) bond motifs is 1. The number of rotatable bonds is 4. The van der Waals surface area contributed by atoms with Crippen molar-refractivity contribution in [1.82, 2.24) is 14.8 Å². The van der Waals surface area contributed by atoms with E-state index < -0.39 is 0 Å². The van der Waals surface area contributed by atoms with Gasteiger partial charge in [-0.2, -0.15) is 0 Å². The van der Waals surface area contributed by atoms with E-state index in [4.69, 9.17) is 9.72 Å². The molecule has 3 heterocycles. The Kier molecular flexibility index (Phi) is 5.65. The summed E-state index contributed by atoms with van der Waals surface area (Å²) in [6.07, 6.45) is 4.35. The van der Waals surface area contributed by atoms with Crippen LogP contribution in [-0.2, 0) is 4.74 Å². The van der Waals surface area contributed by atoms with Crippen LogP contribution in [0.2, 0.25) is 0 Å². The van der Waals surface area contributed by atoms with E-state index in [1.165, 1.54) is 0 Å². The number of carbonyl (C=O) groups is 1. The maximum Gasteiger partial charge on any atom is 0.254 e. The average Bonchev–Trinajstić information content (AvgIpc) is 3.20. The van der Waals surface area contributed by atoms with Crippen molar-refractivity contribution in [2.75, 3.05) is 33.3 Å². The lowest BCUT2D eigenvalue weighted by Crippen LogP contribution is -2.49. The van der Waals surface area contributed by atoms with Crippen molar-refractivity contribution in [3.63, 3.8) is 0 Å².